The van der Waals surface area contributed by atoms with E-state index in [-0.39, 0.29) is 23.1 Å². The molecule has 1 aromatic rings. The Morgan fingerprint density at radius 3 is 2.67 bits per heavy atom. The van der Waals surface area contributed by atoms with E-state index >= 15 is 0 Å². The quantitative estimate of drug-likeness (QED) is 0.865. The van der Waals surface area contributed by atoms with Crippen LogP contribution in [0.3, 0.4) is 0 Å². The van der Waals surface area contributed by atoms with E-state index in [0.717, 1.165) is 11.3 Å². The standard InChI is InChI=1S/C11H17N3O2S2/c1-9(2)7-14(5-3-4-12)18(15,16)11-6-10(13)8-17-11/h6,8-9H,3,5,7,13H2,1-2H3. The van der Waals surface area contributed by atoms with E-state index in [1.165, 1.54) is 10.4 Å². The van der Waals surface area contributed by atoms with Gasteiger partial charge in [-0.05, 0) is 12.0 Å². The number of hydrogen-bond acceptors (Lipinski definition) is 5. The van der Waals surface area contributed by atoms with Crippen LogP contribution < -0.4 is 5.73 Å². The van der Waals surface area contributed by atoms with Crippen molar-refractivity contribution in [3.8, 4) is 6.07 Å². The lowest BCUT2D eigenvalue weighted by atomic mass is 10.2. The summed E-state index contributed by atoms with van der Waals surface area (Å²) in [7, 11) is -3.53. The fourth-order valence-corrected chi connectivity index (χ4v) is 4.32. The normalized spacial score (nSPS) is 11.9. The van der Waals surface area contributed by atoms with E-state index in [1.807, 2.05) is 19.9 Å². The first-order chi connectivity index (χ1) is 8.37. The van der Waals surface area contributed by atoms with E-state index in [9.17, 15) is 8.42 Å². The molecule has 100 valence electrons. The van der Waals surface area contributed by atoms with Crippen LogP contribution in [0.2, 0.25) is 0 Å². The molecule has 0 saturated carbocycles. The molecule has 0 atom stereocenters. The maximum Gasteiger partial charge on any atom is 0.252 e. The molecule has 0 aliphatic carbocycles. The highest BCUT2D eigenvalue weighted by Crippen LogP contribution is 2.25. The van der Waals surface area contributed by atoms with Gasteiger partial charge in [0, 0.05) is 30.6 Å². The molecule has 0 fully saturated rings. The fourth-order valence-electron chi connectivity index (χ4n) is 1.48. The van der Waals surface area contributed by atoms with E-state index in [2.05, 4.69) is 0 Å². The number of sulfonamides is 1. The van der Waals surface area contributed by atoms with Gasteiger partial charge in [-0.25, -0.2) is 8.42 Å². The first-order valence-electron chi connectivity index (χ1n) is 5.59. The highest BCUT2D eigenvalue weighted by molar-refractivity contribution is 7.91. The van der Waals surface area contributed by atoms with Crippen molar-refractivity contribution in [1.29, 1.82) is 5.26 Å². The van der Waals surface area contributed by atoms with Crippen LogP contribution in [0.1, 0.15) is 20.3 Å². The summed E-state index contributed by atoms with van der Waals surface area (Å²) in [5.74, 6) is 0.204. The first kappa shape index (κ1) is 15.0. The summed E-state index contributed by atoms with van der Waals surface area (Å²) in [6.45, 7) is 4.51. The Labute approximate surface area is 112 Å². The molecule has 2 N–H and O–H groups in total. The van der Waals surface area contributed by atoms with Crippen molar-refractivity contribution in [2.45, 2.75) is 24.5 Å². The molecule has 1 rings (SSSR count). The minimum Gasteiger partial charge on any atom is -0.398 e. The van der Waals surface area contributed by atoms with E-state index in [1.54, 1.807) is 5.38 Å². The fraction of sp³-hybridized carbons (Fsp3) is 0.545. The Hall–Kier alpha value is -1.10. The molecular weight excluding hydrogens is 270 g/mol. The molecule has 0 aliphatic heterocycles. The maximum atomic E-state index is 12.4. The third-order valence-electron chi connectivity index (χ3n) is 2.23. The third kappa shape index (κ3) is 3.70. The van der Waals surface area contributed by atoms with Crippen molar-refractivity contribution in [2.24, 2.45) is 5.92 Å². The SMILES string of the molecule is CC(C)CN(CCC#N)S(=O)(=O)c1cc(N)cs1. The summed E-state index contributed by atoms with van der Waals surface area (Å²) in [4.78, 5) is 0. The lowest BCUT2D eigenvalue weighted by molar-refractivity contribution is 0.374. The second-order valence-electron chi connectivity index (χ2n) is 4.36. The Morgan fingerprint density at radius 2 is 2.22 bits per heavy atom. The monoisotopic (exact) mass is 287 g/mol. The van der Waals surface area contributed by atoms with Crippen LogP contribution >= 0.6 is 11.3 Å². The zero-order valence-corrected chi connectivity index (χ0v) is 12.1. The van der Waals surface area contributed by atoms with Gasteiger partial charge < -0.3 is 5.73 Å². The molecule has 0 bridgehead atoms. The summed E-state index contributed by atoms with van der Waals surface area (Å²) < 4.78 is 26.3. The Balaban J connectivity index is 2.99. The molecule has 0 amide bonds. The minimum absolute atomic E-state index is 0.187. The lowest BCUT2D eigenvalue weighted by Gasteiger charge is -2.22. The zero-order chi connectivity index (χ0) is 13.8. The minimum atomic E-state index is -3.53. The van der Waals surface area contributed by atoms with Gasteiger partial charge in [-0.15, -0.1) is 11.3 Å². The second-order valence-corrected chi connectivity index (χ2v) is 7.44. The highest BCUT2D eigenvalue weighted by Gasteiger charge is 2.26. The van der Waals surface area contributed by atoms with Crippen molar-refractivity contribution in [1.82, 2.24) is 4.31 Å². The molecule has 1 heterocycles. The van der Waals surface area contributed by atoms with Crippen molar-refractivity contribution >= 4 is 27.0 Å². The molecule has 5 nitrogen and oxygen atoms in total. The topological polar surface area (TPSA) is 87.2 Å². The van der Waals surface area contributed by atoms with Crippen molar-refractivity contribution in [3.05, 3.63) is 11.4 Å². The van der Waals surface area contributed by atoms with Gasteiger partial charge in [0.15, 0.2) is 0 Å². The molecule has 0 radical (unpaired) electrons. The zero-order valence-electron chi connectivity index (χ0n) is 10.5. The highest BCUT2D eigenvalue weighted by atomic mass is 32.2. The second kappa shape index (κ2) is 6.18. The summed E-state index contributed by atoms with van der Waals surface area (Å²) >= 11 is 1.11. The van der Waals surface area contributed by atoms with Crippen LogP contribution in [0, 0.1) is 17.2 Å². The average Bonchev–Trinajstić information content (AvgIpc) is 2.71. The average molecular weight is 287 g/mol. The number of nitriles is 1. The van der Waals surface area contributed by atoms with Crippen LogP contribution in [0.5, 0.6) is 0 Å². The predicted molar refractivity (Wildman–Crippen MR) is 72.6 cm³/mol. The Bertz CT molecular complexity index is 529. The number of nitrogen functional groups attached to an aromatic ring is 1. The van der Waals surface area contributed by atoms with Gasteiger partial charge in [0.2, 0.25) is 0 Å². The molecule has 0 spiro atoms. The van der Waals surface area contributed by atoms with Crippen LogP contribution in [-0.4, -0.2) is 25.8 Å². The van der Waals surface area contributed by atoms with Crippen molar-refractivity contribution < 1.29 is 8.42 Å². The smallest absolute Gasteiger partial charge is 0.252 e. The van der Waals surface area contributed by atoms with Gasteiger partial charge in [-0.2, -0.15) is 9.57 Å². The number of rotatable bonds is 6. The van der Waals surface area contributed by atoms with E-state index in [4.69, 9.17) is 11.0 Å². The van der Waals surface area contributed by atoms with Gasteiger partial charge in [-0.3, -0.25) is 0 Å². The van der Waals surface area contributed by atoms with Gasteiger partial charge in [0.25, 0.3) is 10.0 Å². The largest absolute Gasteiger partial charge is 0.398 e. The van der Waals surface area contributed by atoms with Crippen molar-refractivity contribution in [2.75, 3.05) is 18.8 Å². The maximum absolute atomic E-state index is 12.4. The van der Waals surface area contributed by atoms with Crippen LogP contribution in [0.15, 0.2) is 15.7 Å². The summed E-state index contributed by atoms with van der Waals surface area (Å²) in [5.41, 5.74) is 6.00. The molecule has 0 saturated heterocycles. The Kier molecular flexibility index (Phi) is 5.14. The van der Waals surface area contributed by atoms with Gasteiger partial charge in [-0.1, -0.05) is 13.8 Å². The molecule has 0 unspecified atom stereocenters. The van der Waals surface area contributed by atoms with Gasteiger partial charge in [0.1, 0.15) is 4.21 Å². The number of nitrogens with zero attached hydrogens (tertiary/aromatic N) is 2. The molecule has 18 heavy (non-hydrogen) atoms. The molecular formula is C11H17N3O2S2. The number of anilines is 1. The van der Waals surface area contributed by atoms with Crippen LogP contribution in [0.25, 0.3) is 0 Å². The van der Waals surface area contributed by atoms with Gasteiger partial charge >= 0.3 is 0 Å². The van der Waals surface area contributed by atoms with Crippen LogP contribution in [0.4, 0.5) is 5.69 Å². The van der Waals surface area contributed by atoms with E-state index < -0.39 is 10.0 Å². The first-order valence-corrected chi connectivity index (χ1v) is 7.91. The van der Waals surface area contributed by atoms with Gasteiger partial charge in [0.05, 0.1) is 6.07 Å². The number of thiophene rings is 1. The summed E-state index contributed by atoms with van der Waals surface area (Å²) in [6, 6.07) is 3.43. The number of nitrogens with two attached hydrogens (primary N) is 1. The third-order valence-corrected chi connectivity index (χ3v) is 5.53. The molecule has 0 aromatic carbocycles. The van der Waals surface area contributed by atoms with E-state index in [0.29, 0.717) is 12.2 Å². The Morgan fingerprint density at radius 1 is 1.56 bits per heavy atom. The predicted octanol–water partition coefficient (Wildman–Crippen LogP) is 1.89. The molecule has 1 aromatic heterocycles. The van der Waals surface area contributed by atoms with Crippen molar-refractivity contribution in [3.63, 3.8) is 0 Å². The summed E-state index contributed by atoms with van der Waals surface area (Å²) in [5, 5.41) is 10.2. The summed E-state index contributed by atoms with van der Waals surface area (Å²) in [6.07, 6.45) is 0.187. The lowest BCUT2D eigenvalue weighted by Crippen LogP contribution is -2.34. The molecule has 0 aliphatic rings. The molecule has 7 heteroatoms. The number of hydrogen-bond donors (Lipinski definition) is 1. The van der Waals surface area contributed by atoms with Crippen LogP contribution in [-0.2, 0) is 10.0 Å².